The largest absolute Gasteiger partial charge is 0.444 e. The first-order valence-electron chi connectivity index (χ1n) is 8.13. The maximum atomic E-state index is 11.6. The molecule has 0 aromatic carbocycles. The van der Waals surface area contributed by atoms with E-state index in [0.717, 1.165) is 37.9 Å². The molecule has 1 saturated carbocycles. The molecule has 20 heavy (non-hydrogen) atoms. The lowest BCUT2D eigenvalue weighted by molar-refractivity contribution is 0.0514. The van der Waals surface area contributed by atoms with Crippen molar-refractivity contribution in [3.8, 4) is 0 Å². The van der Waals surface area contributed by atoms with Gasteiger partial charge in [0.2, 0.25) is 0 Å². The van der Waals surface area contributed by atoms with Crippen molar-refractivity contribution in [3.05, 3.63) is 0 Å². The molecule has 1 aliphatic carbocycles. The molecule has 4 heteroatoms. The van der Waals surface area contributed by atoms with Crippen LogP contribution in [0.4, 0.5) is 4.79 Å². The van der Waals surface area contributed by atoms with Crippen LogP contribution in [-0.4, -0.2) is 31.3 Å². The summed E-state index contributed by atoms with van der Waals surface area (Å²) in [5, 5.41) is 6.39. The minimum atomic E-state index is -0.412. The van der Waals surface area contributed by atoms with E-state index in [-0.39, 0.29) is 6.09 Å². The van der Waals surface area contributed by atoms with E-state index in [1.807, 2.05) is 20.8 Å². The van der Waals surface area contributed by atoms with Gasteiger partial charge in [-0.25, -0.2) is 4.79 Å². The topological polar surface area (TPSA) is 50.4 Å². The molecule has 2 atom stereocenters. The van der Waals surface area contributed by atoms with E-state index in [2.05, 4.69) is 10.6 Å². The van der Waals surface area contributed by atoms with Crippen LogP contribution in [0.2, 0.25) is 0 Å². The van der Waals surface area contributed by atoms with E-state index in [1.165, 1.54) is 25.7 Å². The van der Waals surface area contributed by atoms with Gasteiger partial charge in [0.05, 0.1) is 0 Å². The smallest absolute Gasteiger partial charge is 0.407 e. The average molecular weight is 282 g/mol. The van der Waals surface area contributed by atoms with Gasteiger partial charge in [0.15, 0.2) is 0 Å². The van der Waals surface area contributed by atoms with Gasteiger partial charge in [0, 0.05) is 6.54 Å². The van der Waals surface area contributed by atoms with Crippen LogP contribution in [0.3, 0.4) is 0 Å². The second kappa shape index (κ2) is 6.79. The Morgan fingerprint density at radius 2 is 2.05 bits per heavy atom. The molecule has 0 aromatic heterocycles. The van der Waals surface area contributed by atoms with Gasteiger partial charge < -0.3 is 15.4 Å². The Balaban J connectivity index is 1.70. The summed E-state index contributed by atoms with van der Waals surface area (Å²) in [5.41, 5.74) is -0.412. The fraction of sp³-hybridized carbons (Fsp3) is 0.938. The monoisotopic (exact) mass is 282 g/mol. The molecule has 4 nitrogen and oxygen atoms in total. The standard InChI is InChI=1S/C16H30N2O2/c1-16(2,3)20-15(19)18-10-7-13-11-17-9-8-14(13)12-5-4-6-12/h12-14,17H,4-11H2,1-3H3,(H,18,19). The van der Waals surface area contributed by atoms with Crippen molar-refractivity contribution >= 4 is 6.09 Å². The van der Waals surface area contributed by atoms with Crippen LogP contribution in [0.15, 0.2) is 0 Å². The Kier molecular flexibility index (Phi) is 5.30. The highest BCUT2D eigenvalue weighted by Crippen LogP contribution is 2.40. The first kappa shape index (κ1) is 15.6. The van der Waals surface area contributed by atoms with Crippen LogP contribution in [0.1, 0.15) is 52.9 Å². The number of piperidine rings is 1. The van der Waals surface area contributed by atoms with E-state index < -0.39 is 5.60 Å². The van der Waals surface area contributed by atoms with Gasteiger partial charge in [-0.15, -0.1) is 0 Å². The van der Waals surface area contributed by atoms with Crippen LogP contribution in [0, 0.1) is 17.8 Å². The highest BCUT2D eigenvalue weighted by Gasteiger charge is 2.34. The van der Waals surface area contributed by atoms with Crippen LogP contribution < -0.4 is 10.6 Å². The van der Waals surface area contributed by atoms with Crippen LogP contribution in [0.5, 0.6) is 0 Å². The van der Waals surface area contributed by atoms with Crippen molar-refractivity contribution in [2.75, 3.05) is 19.6 Å². The number of rotatable bonds is 4. The molecule has 1 saturated heterocycles. The third-order valence-corrected chi connectivity index (χ3v) is 4.61. The predicted molar refractivity (Wildman–Crippen MR) is 80.7 cm³/mol. The summed E-state index contributed by atoms with van der Waals surface area (Å²) in [6, 6.07) is 0. The Bertz CT molecular complexity index is 321. The lowest BCUT2D eigenvalue weighted by Gasteiger charge is -2.42. The lowest BCUT2D eigenvalue weighted by atomic mass is 9.67. The van der Waals surface area contributed by atoms with Crippen molar-refractivity contribution in [2.24, 2.45) is 17.8 Å². The van der Waals surface area contributed by atoms with Gasteiger partial charge in [-0.3, -0.25) is 0 Å². The van der Waals surface area contributed by atoms with Gasteiger partial charge in [-0.1, -0.05) is 19.3 Å². The second-order valence-corrected chi connectivity index (χ2v) is 7.33. The molecule has 2 unspecified atom stereocenters. The van der Waals surface area contributed by atoms with Gasteiger partial charge in [-0.2, -0.15) is 0 Å². The first-order valence-corrected chi connectivity index (χ1v) is 8.13. The zero-order valence-electron chi connectivity index (χ0n) is 13.2. The zero-order valence-corrected chi connectivity index (χ0v) is 13.2. The molecule has 2 aliphatic rings. The minimum Gasteiger partial charge on any atom is -0.444 e. The Morgan fingerprint density at radius 3 is 2.65 bits per heavy atom. The summed E-state index contributed by atoms with van der Waals surface area (Å²) in [5.74, 6) is 2.53. The lowest BCUT2D eigenvalue weighted by Crippen LogP contribution is -2.43. The van der Waals surface area contributed by atoms with Crippen molar-refractivity contribution in [2.45, 2.75) is 58.5 Å². The van der Waals surface area contributed by atoms with Crippen LogP contribution in [-0.2, 0) is 4.74 Å². The summed E-state index contributed by atoms with van der Waals surface area (Å²) in [7, 11) is 0. The van der Waals surface area contributed by atoms with E-state index >= 15 is 0 Å². The SMILES string of the molecule is CC(C)(C)OC(=O)NCCC1CNCCC1C1CCC1. The number of carbonyl (C=O) groups excluding carboxylic acids is 1. The van der Waals surface area contributed by atoms with Gasteiger partial charge in [0.25, 0.3) is 0 Å². The number of nitrogens with one attached hydrogen (secondary N) is 2. The minimum absolute atomic E-state index is 0.290. The maximum absolute atomic E-state index is 11.6. The zero-order chi connectivity index (χ0) is 14.6. The summed E-state index contributed by atoms with van der Waals surface area (Å²) in [6.07, 6.45) is 6.33. The molecular formula is C16H30N2O2. The third-order valence-electron chi connectivity index (χ3n) is 4.61. The third kappa shape index (κ3) is 4.65. The molecule has 116 valence electrons. The molecule has 0 spiro atoms. The molecule has 0 radical (unpaired) electrons. The number of hydrogen-bond donors (Lipinski definition) is 2. The van der Waals surface area contributed by atoms with Crippen LogP contribution >= 0.6 is 0 Å². The average Bonchev–Trinajstić information content (AvgIpc) is 2.26. The number of carbonyl (C=O) groups is 1. The Hall–Kier alpha value is -0.770. The second-order valence-electron chi connectivity index (χ2n) is 7.33. The van der Waals surface area contributed by atoms with E-state index in [4.69, 9.17) is 4.74 Å². The summed E-state index contributed by atoms with van der Waals surface area (Å²) in [6.45, 7) is 8.68. The highest BCUT2D eigenvalue weighted by atomic mass is 16.6. The number of hydrogen-bond acceptors (Lipinski definition) is 3. The van der Waals surface area contributed by atoms with Crippen molar-refractivity contribution < 1.29 is 9.53 Å². The van der Waals surface area contributed by atoms with Crippen LogP contribution in [0.25, 0.3) is 0 Å². The summed E-state index contributed by atoms with van der Waals surface area (Å²) >= 11 is 0. The van der Waals surface area contributed by atoms with E-state index in [9.17, 15) is 4.79 Å². The molecule has 0 aromatic rings. The number of amides is 1. The van der Waals surface area contributed by atoms with Crippen molar-refractivity contribution in [1.82, 2.24) is 10.6 Å². The van der Waals surface area contributed by atoms with Gasteiger partial charge in [-0.05, 0) is 64.5 Å². The molecule has 2 N–H and O–H groups in total. The fourth-order valence-electron chi connectivity index (χ4n) is 3.42. The maximum Gasteiger partial charge on any atom is 0.407 e. The van der Waals surface area contributed by atoms with Gasteiger partial charge >= 0.3 is 6.09 Å². The Labute approximate surface area is 123 Å². The number of ether oxygens (including phenoxy) is 1. The molecule has 2 rings (SSSR count). The van der Waals surface area contributed by atoms with E-state index in [0.29, 0.717) is 5.92 Å². The molecule has 1 aliphatic heterocycles. The molecule has 0 bridgehead atoms. The summed E-state index contributed by atoms with van der Waals surface area (Å²) < 4.78 is 5.27. The number of alkyl carbamates (subject to hydrolysis) is 1. The fourth-order valence-corrected chi connectivity index (χ4v) is 3.42. The van der Waals surface area contributed by atoms with E-state index in [1.54, 1.807) is 0 Å². The van der Waals surface area contributed by atoms with Gasteiger partial charge in [0.1, 0.15) is 5.60 Å². The van der Waals surface area contributed by atoms with Crippen molar-refractivity contribution in [3.63, 3.8) is 0 Å². The molecular weight excluding hydrogens is 252 g/mol. The van der Waals surface area contributed by atoms with Crippen molar-refractivity contribution in [1.29, 1.82) is 0 Å². The molecule has 1 amide bonds. The highest BCUT2D eigenvalue weighted by molar-refractivity contribution is 5.67. The normalized spacial score (nSPS) is 27.8. The quantitative estimate of drug-likeness (QED) is 0.833. The molecule has 1 heterocycles. The Morgan fingerprint density at radius 1 is 1.30 bits per heavy atom. The summed E-state index contributed by atoms with van der Waals surface area (Å²) in [4.78, 5) is 11.6. The first-order chi connectivity index (χ1) is 9.46. The predicted octanol–water partition coefficient (Wildman–Crippen LogP) is 2.93. The molecule has 2 fully saturated rings.